The molecule has 24 heavy (non-hydrogen) atoms. The summed E-state index contributed by atoms with van der Waals surface area (Å²) in [4.78, 5) is 23.2. The van der Waals surface area contributed by atoms with Crippen molar-refractivity contribution in [3.8, 4) is 0 Å². The quantitative estimate of drug-likeness (QED) is 0.632. The Morgan fingerprint density at radius 1 is 1.12 bits per heavy atom. The maximum absolute atomic E-state index is 13.4. The number of ether oxygens (including phenoxy) is 1. The van der Waals surface area contributed by atoms with Gasteiger partial charge in [-0.1, -0.05) is 41.4 Å². The summed E-state index contributed by atoms with van der Waals surface area (Å²) in [6.07, 6.45) is 2.31. The molecule has 7 heteroatoms. The normalized spacial score (nSPS) is 10.6. The number of hydrogen-bond acceptors (Lipinski definition) is 3. The molecule has 0 bridgehead atoms. The van der Waals surface area contributed by atoms with Crippen molar-refractivity contribution in [1.82, 2.24) is 0 Å². The van der Waals surface area contributed by atoms with E-state index in [-0.39, 0.29) is 5.56 Å². The van der Waals surface area contributed by atoms with Crippen LogP contribution in [0.2, 0.25) is 10.0 Å². The van der Waals surface area contributed by atoms with Crippen LogP contribution in [0.5, 0.6) is 0 Å². The summed E-state index contributed by atoms with van der Waals surface area (Å²) in [5.74, 6) is -1.78. The Balaban J connectivity index is 1.85. The van der Waals surface area contributed by atoms with E-state index in [0.29, 0.717) is 15.7 Å². The molecule has 0 heterocycles. The largest absolute Gasteiger partial charge is 0.452 e. The zero-order chi connectivity index (χ0) is 17.5. The lowest BCUT2D eigenvalue weighted by molar-refractivity contribution is -0.142. The van der Waals surface area contributed by atoms with Crippen molar-refractivity contribution in [1.29, 1.82) is 0 Å². The summed E-state index contributed by atoms with van der Waals surface area (Å²) in [7, 11) is 0. The minimum absolute atomic E-state index is 0.243. The van der Waals surface area contributed by atoms with Crippen LogP contribution in [0.3, 0.4) is 0 Å². The van der Waals surface area contributed by atoms with Gasteiger partial charge in [-0.25, -0.2) is 9.18 Å². The van der Waals surface area contributed by atoms with Crippen LogP contribution < -0.4 is 5.32 Å². The van der Waals surface area contributed by atoms with Crippen LogP contribution in [0, 0.1) is 5.82 Å². The molecule has 0 fully saturated rings. The molecule has 0 aliphatic heterocycles. The third-order valence-corrected chi connectivity index (χ3v) is 3.23. The van der Waals surface area contributed by atoms with Crippen LogP contribution in [-0.2, 0) is 14.3 Å². The van der Waals surface area contributed by atoms with E-state index in [1.165, 1.54) is 42.5 Å². The number of nitrogens with one attached hydrogen (secondary N) is 1. The molecule has 0 saturated heterocycles. The second-order valence-corrected chi connectivity index (χ2v) is 5.54. The highest BCUT2D eigenvalue weighted by Crippen LogP contribution is 2.22. The first-order valence-electron chi connectivity index (χ1n) is 6.79. The fourth-order valence-electron chi connectivity index (χ4n) is 1.78. The van der Waals surface area contributed by atoms with Gasteiger partial charge in [-0.05, 0) is 30.3 Å². The van der Waals surface area contributed by atoms with E-state index in [1.807, 2.05) is 0 Å². The van der Waals surface area contributed by atoms with Crippen molar-refractivity contribution in [2.24, 2.45) is 0 Å². The molecular formula is C17H12Cl2FNO3. The van der Waals surface area contributed by atoms with Crippen molar-refractivity contribution < 1.29 is 18.7 Å². The third-order valence-electron chi connectivity index (χ3n) is 2.80. The van der Waals surface area contributed by atoms with E-state index in [0.717, 1.165) is 6.08 Å². The number of carbonyl (C=O) groups excluding carboxylic acids is 2. The first-order valence-corrected chi connectivity index (χ1v) is 7.55. The summed E-state index contributed by atoms with van der Waals surface area (Å²) in [5, 5.41) is 3.22. The molecule has 2 aromatic carbocycles. The maximum atomic E-state index is 13.4. The molecule has 0 saturated carbocycles. The lowest BCUT2D eigenvalue weighted by atomic mass is 10.2. The number of benzene rings is 2. The molecule has 2 aromatic rings. The summed E-state index contributed by atoms with van der Waals surface area (Å²) >= 11 is 11.6. The fraction of sp³-hybridized carbons (Fsp3) is 0.0588. The number of carbonyl (C=O) groups is 2. The topological polar surface area (TPSA) is 55.4 Å². The van der Waals surface area contributed by atoms with E-state index >= 15 is 0 Å². The van der Waals surface area contributed by atoms with Crippen molar-refractivity contribution in [3.63, 3.8) is 0 Å². The average Bonchev–Trinajstić information content (AvgIpc) is 2.51. The molecule has 0 spiro atoms. The zero-order valence-corrected chi connectivity index (χ0v) is 13.8. The molecule has 0 aliphatic carbocycles. The van der Waals surface area contributed by atoms with Gasteiger partial charge < -0.3 is 10.1 Å². The molecule has 0 aromatic heterocycles. The molecular weight excluding hydrogens is 356 g/mol. The second kappa shape index (κ2) is 8.47. The molecule has 0 aliphatic rings. The number of esters is 1. The Morgan fingerprint density at radius 2 is 1.79 bits per heavy atom. The van der Waals surface area contributed by atoms with Gasteiger partial charge >= 0.3 is 5.97 Å². The standard InChI is InChI=1S/C17H12Cl2FNO3/c18-12-7-13(19)9-14(8-12)21-16(22)10-24-17(23)6-5-11-3-1-2-4-15(11)20/h1-9H,10H2,(H,21,22)/b6-5+. The lowest BCUT2D eigenvalue weighted by Crippen LogP contribution is -2.20. The molecule has 0 radical (unpaired) electrons. The molecule has 1 amide bonds. The van der Waals surface area contributed by atoms with E-state index in [9.17, 15) is 14.0 Å². The third kappa shape index (κ3) is 5.68. The summed E-state index contributed by atoms with van der Waals surface area (Å²) in [5.41, 5.74) is 0.628. The van der Waals surface area contributed by atoms with Gasteiger partial charge in [0.2, 0.25) is 0 Å². The van der Waals surface area contributed by atoms with Gasteiger partial charge in [-0.3, -0.25) is 4.79 Å². The van der Waals surface area contributed by atoms with Gasteiger partial charge in [-0.15, -0.1) is 0 Å². The van der Waals surface area contributed by atoms with Crippen molar-refractivity contribution in [3.05, 3.63) is 70.0 Å². The van der Waals surface area contributed by atoms with Crippen LogP contribution in [0.1, 0.15) is 5.56 Å². The highest BCUT2D eigenvalue weighted by Gasteiger charge is 2.07. The Bertz CT molecular complexity index is 773. The maximum Gasteiger partial charge on any atom is 0.331 e. The Labute approximate surface area is 147 Å². The van der Waals surface area contributed by atoms with Gasteiger partial charge in [0, 0.05) is 27.4 Å². The average molecular weight is 368 g/mol. The van der Waals surface area contributed by atoms with Gasteiger partial charge in [0.1, 0.15) is 5.82 Å². The Kier molecular flexibility index (Phi) is 6.35. The molecule has 0 atom stereocenters. The first kappa shape index (κ1) is 18.0. The van der Waals surface area contributed by atoms with Crippen LogP contribution in [0.4, 0.5) is 10.1 Å². The minimum atomic E-state index is -0.766. The minimum Gasteiger partial charge on any atom is -0.452 e. The Morgan fingerprint density at radius 3 is 2.46 bits per heavy atom. The van der Waals surface area contributed by atoms with E-state index in [1.54, 1.807) is 6.07 Å². The number of anilines is 1. The number of rotatable bonds is 5. The van der Waals surface area contributed by atoms with E-state index in [2.05, 4.69) is 5.32 Å². The fourth-order valence-corrected chi connectivity index (χ4v) is 2.30. The molecule has 1 N–H and O–H groups in total. The lowest BCUT2D eigenvalue weighted by Gasteiger charge is -2.06. The molecule has 4 nitrogen and oxygen atoms in total. The highest BCUT2D eigenvalue weighted by molar-refractivity contribution is 6.35. The molecule has 2 rings (SSSR count). The van der Waals surface area contributed by atoms with Crippen LogP contribution in [0.25, 0.3) is 6.08 Å². The van der Waals surface area contributed by atoms with Crippen LogP contribution >= 0.6 is 23.2 Å². The van der Waals surface area contributed by atoms with Gasteiger partial charge in [0.15, 0.2) is 6.61 Å². The van der Waals surface area contributed by atoms with Crippen molar-refractivity contribution >= 4 is 46.8 Å². The Hall–Kier alpha value is -2.37. The SMILES string of the molecule is O=C(COC(=O)/C=C/c1ccccc1F)Nc1cc(Cl)cc(Cl)c1. The van der Waals surface area contributed by atoms with Crippen molar-refractivity contribution in [2.45, 2.75) is 0 Å². The van der Waals surface area contributed by atoms with E-state index < -0.39 is 24.3 Å². The van der Waals surface area contributed by atoms with Gasteiger partial charge in [-0.2, -0.15) is 0 Å². The second-order valence-electron chi connectivity index (χ2n) is 4.67. The number of hydrogen-bond donors (Lipinski definition) is 1. The zero-order valence-electron chi connectivity index (χ0n) is 12.3. The summed E-state index contributed by atoms with van der Waals surface area (Å²) < 4.78 is 18.1. The predicted molar refractivity (Wildman–Crippen MR) is 91.5 cm³/mol. The first-order chi connectivity index (χ1) is 11.4. The molecule has 0 unspecified atom stereocenters. The van der Waals surface area contributed by atoms with Crippen LogP contribution in [-0.4, -0.2) is 18.5 Å². The summed E-state index contributed by atoms with van der Waals surface area (Å²) in [6.45, 7) is -0.495. The monoisotopic (exact) mass is 367 g/mol. The number of halogens is 3. The van der Waals surface area contributed by atoms with Gasteiger partial charge in [0.05, 0.1) is 0 Å². The molecule has 124 valence electrons. The van der Waals surface area contributed by atoms with E-state index in [4.69, 9.17) is 27.9 Å². The number of amides is 1. The predicted octanol–water partition coefficient (Wildman–Crippen LogP) is 4.33. The summed E-state index contributed by atoms with van der Waals surface area (Å²) in [6, 6.07) is 10.5. The van der Waals surface area contributed by atoms with Gasteiger partial charge in [0.25, 0.3) is 5.91 Å². The smallest absolute Gasteiger partial charge is 0.331 e. The van der Waals surface area contributed by atoms with Crippen molar-refractivity contribution in [2.75, 3.05) is 11.9 Å². The van der Waals surface area contributed by atoms with Crippen LogP contribution in [0.15, 0.2) is 48.5 Å². The highest BCUT2D eigenvalue weighted by atomic mass is 35.5.